The first-order valence-corrected chi connectivity index (χ1v) is 13.1. The number of rotatable bonds is 9. The van der Waals surface area contributed by atoms with Crippen LogP contribution in [0.2, 0.25) is 0 Å². The fourth-order valence-electron chi connectivity index (χ4n) is 4.99. The van der Waals surface area contributed by atoms with Gasteiger partial charge in [0.05, 0.1) is 11.6 Å². The molecule has 1 saturated heterocycles. The average Bonchev–Trinajstić information content (AvgIpc) is 2.94. The van der Waals surface area contributed by atoms with Crippen LogP contribution in [0.15, 0.2) is 91.0 Å². The number of amides is 1. The molecule has 5 heteroatoms. The molecule has 0 aromatic heterocycles. The number of carbonyl (C=O) groups excluding carboxylic acids is 1. The van der Waals surface area contributed by atoms with Crippen LogP contribution in [0.4, 0.5) is 0 Å². The highest BCUT2D eigenvalue weighted by Gasteiger charge is 2.42. The van der Waals surface area contributed by atoms with Gasteiger partial charge >= 0.3 is 0 Å². The highest BCUT2D eigenvalue weighted by molar-refractivity contribution is 6.18. The maximum absolute atomic E-state index is 14.0. The van der Waals surface area contributed by atoms with E-state index in [0.29, 0.717) is 17.9 Å². The van der Waals surface area contributed by atoms with Crippen molar-refractivity contribution in [3.05, 3.63) is 113 Å². The number of nitrogens with one attached hydrogen (secondary N) is 1. The van der Waals surface area contributed by atoms with Gasteiger partial charge in [-0.25, -0.2) is 0 Å². The Hall–Kier alpha value is -3.39. The maximum Gasteiger partial charge on any atom is 0.235 e. The van der Waals surface area contributed by atoms with Gasteiger partial charge in [-0.1, -0.05) is 84.9 Å². The van der Waals surface area contributed by atoms with E-state index >= 15 is 0 Å². The minimum absolute atomic E-state index is 0.0275. The lowest BCUT2D eigenvalue weighted by Gasteiger charge is -2.37. The summed E-state index contributed by atoms with van der Waals surface area (Å²) in [6.07, 6.45) is 6.62. The monoisotopic (exact) mass is 497 g/mol. The van der Waals surface area contributed by atoms with Crippen molar-refractivity contribution in [2.75, 3.05) is 25.5 Å². The van der Waals surface area contributed by atoms with Crippen LogP contribution in [-0.4, -0.2) is 42.4 Å². The van der Waals surface area contributed by atoms with Crippen LogP contribution in [0.25, 0.3) is 6.08 Å². The lowest BCUT2D eigenvalue weighted by molar-refractivity contribution is -0.126. The SMILES string of the molecule is N#Cc1ccc(/C=C/CN2CCC(NC(=O)C(CCCl)(c3ccccc3)c3ccccc3)CC2)cc1. The molecule has 1 fully saturated rings. The van der Waals surface area contributed by atoms with E-state index in [-0.39, 0.29) is 11.9 Å². The summed E-state index contributed by atoms with van der Waals surface area (Å²) in [6, 6.07) is 29.9. The molecule has 0 bridgehead atoms. The molecule has 1 aliphatic rings. The Morgan fingerprint density at radius 3 is 2.08 bits per heavy atom. The molecule has 4 nitrogen and oxygen atoms in total. The number of hydrogen-bond acceptors (Lipinski definition) is 3. The Labute approximate surface area is 219 Å². The van der Waals surface area contributed by atoms with Crippen LogP contribution in [0.5, 0.6) is 0 Å². The average molecular weight is 498 g/mol. The number of piperidine rings is 1. The van der Waals surface area contributed by atoms with Crippen molar-refractivity contribution < 1.29 is 4.79 Å². The third-order valence-electron chi connectivity index (χ3n) is 7.03. The summed E-state index contributed by atoms with van der Waals surface area (Å²) >= 11 is 6.29. The summed E-state index contributed by atoms with van der Waals surface area (Å²) in [4.78, 5) is 16.4. The smallest absolute Gasteiger partial charge is 0.235 e. The van der Waals surface area contributed by atoms with E-state index in [1.165, 1.54) is 0 Å². The number of alkyl halides is 1. The highest BCUT2D eigenvalue weighted by atomic mass is 35.5. The number of benzene rings is 3. The summed E-state index contributed by atoms with van der Waals surface area (Å²) < 4.78 is 0. The second kappa shape index (κ2) is 12.5. The molecule has 3 aromatic rings. The summed E-state index contributed by atoms with van der Waals surface area (Å²) in [5.74, 6) is 0.418. The van der Waals surface area contributed by atoms with Crippen molar-refractivity contribution in [2.45, 2.75) is 30.7 Å². The van der Waals surface area contributed by atoms with Crippen molar-refractivity contribution in [1.82, 2.24) is 10.2 Å². The van der Waals surface area contributed by atoms with Gasteiger partial charge < -0.3 is 5.32 Å². The molecule has 0 unspecified atom stereocenters. The molecule has 0 atom stereocenters. The molecule has 3 aromatic carbocycles. The quantitative estimate of drug-likeness (QED) is 0.382. The molecule has 0 spiro atoms. The number of likely N-dealkylation sites (tertiary alicyclic amines) is 1. The van der Waals surface area contributed by atoms with Crippen LogP contribution in [0.3, 0.4) is 0 Å². The first-order valence-electron chi connectivity index (χ1n) is 12.5. The maximum atomic E-state index is 14.0. The fraction of sp³-hybridized carbons (Fsp3) is 0.290. The van der Waals surface area contributed by atoms with Crippen molar-refractivity contribution in [2.24, 2.45) is 0 Å². The van der Waals surface area contributed by atoms with E-state index in [4.69, 9.17) is 16.9 Å². The Bertz CT molecular complexity index is 1140. The minimum atomic E-state index is -0.814. The highest BCUT2D eigenvalue weighted by Crippen LogP contribution is 2.37. The molecule has 36 heavy (non-hydrogen) atoms. The molecule has 1 N–H and O–H groups in total. The number of nitriles is 1. The Morgan fingerprint density at radius 2 is 1.56 bits per heavy atom. The largest absolute Gasteiger partial charge is 0.352 e. The zero-order chi connectivity index (χ0) is 25.2. The first kappa shape index (κ1) is 25.7. The molecular weight excluding hydrogens is 466 g/mol. The van der Waals surface area contributed by atoms with Crippen molar-refractivity contribution in [3.8, 4) is 6.07 Å². The van der Waals surface area contributed by atoms with Gasteiger partial charge in [-0.05, 0) is 48.1 Å². The molecule has 0 radical (unpaired) electrons. The second-order valence-electron chi connectivity index (χ2n) is 9.26. The molecule has 0 saturated carbocycles. The standard InChI is InChI=1S/C31H32ClN3O/c32-20-19-31(27-9-3-1-4-10-27,28-11-5-2-6-12-28)30(36)34-29-17-22-35(23-18-29)21-7-8-25-13-15-26(24-33)16-14-25/h1-16,29H,17-23H2,(H,34,36)/b8-7+. The predicted octanol–water partition coefficient (Wildman–Crippen LogP) is 5.77. The zero-order valence-electron chi connectivity index (χ0n) is 20.4. The molecular formula is C31H32ClN3O. The van der Waals surface area contributed by atoms with Crippen molar-refractivity contribution in [3.63, 3.8) is 0 Å². The van der Waals surface area contributed by atoms with E-state index in [1.807, 2.05) is 84.9 Å². The van der Waals surface area contributed by atoms with Crippen LogP contribution in [0.1, 0.15) is 41.5 Å². The van der Waals surface area contributed by atoms with Crippen molar-refractivity contribution in [1.29, 1.82) is 5.26 Å². The Balaban J connectivity index is 1.40. The van der Waals surface area contributed by atoms with Gasteiger partial charge in [-0.3, -0.25) is 9.69 Å². The summed E-state index contributed by atoms with van der Waals surface area (Å²) in [5.41, 5.74) is 2.89. The Morgan fingerprint density at radius 1 is 0.972 bits per heavy atom. The van der Waals surface area contributed by atoms with Gasteiger partial charge in [0, 0.05) is 31.6 Å². The number of halogens is 1. The topological polar surface area (TPSA) is 56.1 Å². The van der Waals surface area contributed by atoms with Gasteiger partial charge in [0.2, 0.25) is 5.91 Å². The lowest BCUT2D eigenvalue weighted by atomic mass is 9.71. The predicted molar refractivity (Wildman–Crippen MR) is 147 cm³/mol. The molecule has 1 amide bonds. The van der Waals surface area contributed by atoms with Gasteiger partial charge in [0.15, 0.2) is 0 Å². The lowest BCUT2D eigenvalue weighted by Crippen LogP contribution is -2.52. The van der Waals surface area contributed by atoms with Gasteiger partial charge in [-0.15, -0.1) is 11.6 Å². The van der Waals surface area contributed by atoms with Crippen LogP contribution in [-0.2, 0) is 10.2 Å². The summed E-state index contributed by atoms with van der Waals surface area (Å²) in [6.45, 7) is 2.73. The molecule has 0 aliphatic carbocycles. The van der Waals surface area contributed by atoms with E-state index < -0.39 is 5.41 Å². The fourth-order valence-corrected chi connectivity index (χ4v) is 5.28. The van der Waals surface area contributed by atoms with Gasteiger partial charge in [-0.2, -0.15) is 5.26 Å². The molecule has 184 valence electrons. The number of hydrogen-bond donors (Lipinski definition) is 1. The number of carbonyl (C=O) groups is 1. The number of nitrogens with zero attached hydrogens (tertiary/aromatic N) is 2. The molecule has 4 rings (SSSR count). The first-order chi connectivity index (χ1) is 17.7. The third-order valence-corrected chi connectivity index (χ3v) is 7.22. The summed E-state index contributed by atoms with van der Waals surface area (Å²) in [7, 11) is 0. The summed E-state index contributed by atoms with van der Waals surface area (Å²) in [5, 5.41) is 12.3. The van der Waals surface area contributed by atoms with Crippen LogP contribution >= 0.6 is 11.6 Å². The normalized spacial score (nSPS) is 15.0. The molecule has 1 aliphatic heterocycles. The second-order valence-corrected chi connectivity index (χ2v) is 9.64. The van der Waals surface area contributed by atoms with Gasteiger partial charge in [0.25, 0.3) is 0 Å². The van der Waals surface area contributed by atoms with Crippen LogP contribution in [0, 0.1) is 11.3 Å². The van der Waals surface area contributed by atoms with E-state index in [0.717, 1.165) is 49.2 Å². The van der Waals surface area contributed by atoms with Crippen molar-refractivity contribution >= 4 is 23.6 Å². The molecule has 1 heterocycles. The Kier molecular flexibility index (Phi) is 8.95. The third kappa shape index (κ3) is 6.05. The minimum Gasteiger partial charge on any atom is -0.352 e. The van der Waals surface area contributed by atoms with E-state index in [9.17, 15) is 4.79 Å². The van der Waals surface area contributed by atoms with E-state index in [1.54, 1.807) is 0 Å². The zero-order valence-corrected chi connectivity index (χ0v) is 21.2. The van der Waals surface area contributed by atoms with Gasteiger partial charge in [0.1, 0.15) is 5.41 Å². The van der Waals surface area contributed by atoms with Crippen LogP contribution < -0.4 is 5.32 Å². The van der Waals surface area contributed by atoms with E-state index in [2.05, 4.69) is 28.4 Å².